The van der Waals surface area contributed by atoms with Gasteiger partial charge in [-0.25, -0.2) is 0 Å². The summed E-state index contributed by atoms with van der Waals surface area (Å²) < 4.78 is 0. The van der Waals surface area contributed by atoms with Gasteiger partial charge in [0.2, 0.25) is 0 Å². The third-order valence-electron chi connectivity index (χ3n) is 3.53. The van der Waals surface area contributed by atoms with Gasteiger partial charge in [-0.1, -0.05) is 57.1 Å². The van der Waals surface area contributed by atoms with Crippen molar-refractivity contribution in [3.63, 3.8) is 0 Å². The van der Waals surface area contributed by atoms with Crippen molar-refractivity contribution < 1.29 is 32.7 Å². The van der Waals surface area contributed by atoms with Crippen LogP contribution < -0.4 is 5.32 Å². The van der Waals surface area contributed by atoms with E-state index in [1.54, 1.807) is 6.08 Å². The van der Waals surface area contributed by atoms with Crippen molar-refractivity contribution in [2.45, 2.75) is 39.2 Å². The molecular weight excluding hydrogens is 343 g/mol. The van der Waals surface area contributed by atoms with Crippen molar-refractivity contribution in [3.8, 4) is 11.8 Å². The fourth-order valence-corrected chi connectivity index (χ4v) is 2.22. The summed E-state index contributed by atoms with van der Waals surface area (Å²) in [5, 5.41) is 3.52. The molecule has 0 aromatic rings. The molecule has 1 aliphatic rings. The van der Waals surface area contributed by atoms with Crippen molar-refractivity contribution in [1.29, 1.82) is 0 Å². The van der Waals surface area contributed by atoms with Crippen molar-refractivity contribution in [2.75, 3.05) is 0 Å². The predicted octanol–water partition coefficient (Wildman–Crippen LogP) is 4.73. The standard InChI is InChI=1S/C20H26N.Y/c1-6-8-15-19(18-13-11-9-10-12-14-18)17(5)21-20(7-2)16(3)4;/h6,8,11,13,15-16,20-21H,1-2,5,7,12,14H2,3-4H3;/q-1;/b15-8-,19-18+;. The van der Waals surface area contributed by atoms with E-state index in [0.29, 0.717) is 12.0 Å². The summed E-state index contributed by atoms with van der Waals surface area (Å²) in [5.41, 5.74) is 3.31. The third-order valence-corrected chi connectivity index (χ3v) is 3.53. The average molecular weight is 369 g/mol. The van der Waals surface area contributed by atoms with Crippen LogP contribution in [-0.4, -0.2) is 6.04 Å². The molecule has 0 saturated heterocycles. The van der Waals surface area contributed by atoms with E-state index in [-0.39, 0.29) is 32.7 Å². The molecule has 1 N–H and O–H groups in total. The van der Waals surface area contributed by atoms with Gasteiger partial charge in [0.15, 0.2) is 0 Å². The Hall–Kier alpha value is -0.836. The summed E-state index contributed by atoms with van der Waals surface area (Å²) in [6.07, 6.45) is 12.5. The smallest absolute Gasteiger partial charge is 0.0344 e. The monoisotopic (exact) mass is 369 g/mol. The van der Waals surface area contributed by atoms with E-state index in [4.69, 9.17) is 0 Å². The van der Waals surface area contributed by atoms with E-state index in [2.05, 4.69) is 63.2 Å². The first-order chi connectivity index (χ1) is 10.1. The molecule has 0 bridgehead atoms. The van der Waals surface area contributed by atoms with Gasteiger partial charge in [-0.15, -0.1) is 0 Å². The minimum atomic E-state index is 0. The molecule has 0 aromatic heterocycles. The molecule has 1 aliphatic carbocycles. The Labute approximate surface area is 161 Å². The summed E-state index contributed by atoms with van der Waals surface area (Å²) in [4.78, 5) is 0. The fraction of sp³-hybridized carbons (Fsp3) is 0.350. The Kier molecular flexibility index (Phi) is 11.3. The second kappa shape index (κ2) is 11.7. The molecular formula is C20H26NY-. The van der Waals surface area contributed by atoms with E-state index < -0.39 is 0 Å². The molecule has 1 unspecified atom stereocenters. The first-order valence-corrected chi connectivity index (χ1v) is 7.52. The van der Waals surface area contributed by atoms with E-state index in [1.165, 1.54) is 5.57 Å². The molecule has 0 amide bonds. The summed E-state index contributed by atoms with van der Waals surface area (Å²) in [5.74, 6) is 6.67. The van der Waals surface area contributed by atoms with Crippen molar-refractivity contribution in [2.24, 2.45) is 5.92 Å². The maximum absolute atomic E-state index is 4.23. The minimum Gasteiger partial charge on any atom is -0.385 e. The van der Waals surface area contributed by atoms with Gasteiger partial charge in [0.1, 0.15) is 0 Å². The molecule has 1 atom stereocenters. The Balaban J connectivity index is 0.00000441. The van der Waals surface area contributed by atoms with Crippen LogP contribution in [0.1, 0.15) is 33.1 Å². The number of hydrogen-bond donors (Lipinski definition) is 1. The molecule has 0 aromatic carbocycles. The van der Waals surface area contributed by atoms with E-state index in [9.17, 15) is 0 Å². The number of rotatable bonds is 7. The van der Waals surface area contributed by atoms with Crippen LogP contribution in [0, 0.1) is 24.7 Å². The van der Waals surface area contributed by atoms with Gasteiger partial charge in [0.25, 0.3) is 0 Å². The molecule has 0 fully saturated rings. The van der Waals surface area contributed by atoms with Crippen LogP contribution in [0.4, 0.5) is 0 Å². The molecule has 115 valence electrons. The van der Waals surface area contributed by atoms with Crippen LogP contribution in [0.2, 0.25) is 0 Å². The summed E-state index contributed by atoms with van der Waals surface area (Å²) in [7, 11) is 0. The second-order valence-electron chi connectivity index (χ2n) is 5.45. The van der Waals surface area contributed by atoms with Gasteiger partial charge < -0.3 is 12.2 Å². The zero-order valence-electron chi connectivity index (χ0n) is 13.9. The number of nitrogens with one attached hydrogen (secondary N) is 1. The summed E-state index contributed by atoms with van der Waals surface area (Å²) >= 11 is 0. The molecule has 0 spiro atoms. The van der Waals surface area contributed by atoms with E-state index in [0.717, 1.165) is 30.5 Å². The van der Waals surface area contributed by atoms with Gasteiger partial charge in [0, 0.05) is 56.4 Å². The predicted molar refractivity (Wildman–Crippen MR) is 93.4 cm³/mol. The van der Waals surface area contributed by atoms with Crippen molar-refractivity contribution >= 4 is 0 Å². The topological polar surface area (TPSA) is 12.0 Å². The molecule has 1 radical (unpaired) electrons. The summed E-state index contributed by atoms with van der Waals surface area (Å²) in [6.45, 7) is 16.4. The van der Waals surface area contributed by atoms with Crippen LogP contribution in [0.3, 0.4) is 0 Å². The normalized spacial score (nSPS) is 17.1. The SMILES string of the molecule is C=C/C=C\C(C(=C)NC(C[CH2-])C(C)C)=C1\C=CC#CCC1.[Y]. The van der Waals surface area contributed by atoms with E-state index in [1.807, 2.05) is 12.2 Å². The Morgan fingerprint density at radius 1 is 1.50 bits per heavy atom. The molecule has 0 heterocycles. The quantitative estimate of drug-likeness (QED) is 0.389. The second-order valence-corrected chi connectivity index (χ2v) is 5.45. The summed E-state index contributed by atoms with van der Waals surface area (Å²) in [6, 6.07) is 0.330. The van der Waals surface area contributed by atoms with Crippen LogP contribution >= 0.6 is 0 Å². The first-order valence-electron chi connectivity index (χ1n) is 7.52. The zero-order chi connectivity index (χ0) is 15.7. The minimum absolute atomic E-state index is 0. The molecule has 0 aliphatic heterocycles. The van der Waals surface area contributed by atoms with Crippen molar-refractivity contribution in [1.82, 2.24) is 5.32 Å². The number of allylic oxidation sites excluding steroid dienone is 6. The molecule has 1 rings (SSSR count). The molecule has 1 nitrogen and oxygen atoms in total. The molecule has 2 heteroatoms. The van der Waals surface area contributed by atoms with Gasteiger partial charge in [-0.3, -0.25) is 0 Å². The zero-order valence-corrected chi connectivity index (χ0v) is 16.7. The van der Waals surface area contributed by atoms with Crippen LogP contribution in [0.15, 0.2) is 60.4 Å². The van der Waals surface area contributed by atoms with Gasteiger partial charge in [-0.05, 0) is 30.1 Å². The van der Waals surface area contributed by atoms with Crippen molar-refractivity contribution in [3.05, 3.63) is 67.3 Å². The third kappa shape index (κ3) is 6.95. The van der Waals surface area contributed by atoms with Gasteiger partial charge in [0.05, 0.1) is 0 Å². The Morgan fingerprint density at radius 2 is 2.23 bits per heavy atom. The van der Waals surface area contributed by atoms with Crippen LogP contribution in [0.5, 0.6) is 0 Å². The molecule has 22 heavy (non-hydrogen) atoms. The van der Waals surface area contributed by atoms with E-state index >= 15 is 0 Å². The largest absolute Gasteiger partial charge is 0.385 e. The number of hydrogen-bond acceptors (Lipinski definition) is 1. The van der Waals surface area contributed by atoms with Gasteiger partial charge in [-0.2, -0.15) is 6.42 Å². The molecule has 0 saturated carbocycles. The van der Waals surface area contributed by atoms with Crippen LogP contribution in [0.25, 0.3) is 0 Å². The Morgan fingerprint density at radius 3 is 2.82 bits per heavy atom. The fourth-order valence-electron chi connectivity index (χ4n) is 2.22. The maximum Gasteiger partial charge on any atom is 0.0344 e. The van der Waals surface area contributed by atoms with Crippen LogP contribution in [-0.2, 0) is 32.7 Å². The average Bonchev–Trinajstić information content (AvgIpc) is 2.74. The Bertz CT molecular complexity index is 524. The van der Waals surface area contributed by atoms with Gasteiger partial charge >= 0.3 is 0 Å². The maximum atomic E-state index is 4.23. The first kappa shape index (κ1) is 21.2.